The minimum absolute atomic E-state index is 0.149. The molecule has 1 atom stereocenters. The molecule has 0 amide bonds. The normalized spacial score (nSPS) is 12.6. The van der Waals surface area contributed by atoms with Crippen LogP contribution in [0, 0.1) is 20.8 Å². The van der Waals surface area contributed by atoms with E-state index in [-0.39, 0.29) is 6.04 Å². The molecule has 19 heavy (non-hydrogen) atoms. The molecule has 0 spiro atoms. The standard InChI is InChI=1S/C17H23NO/c1-5-8-18-17(15-7-6-9-19-15)16-13(3)10-12(2)11-14(16)4/h6-7,9-11,17-18H,5,8H2,1-4H3. The van der Waals surface area contributed by atoms with E-state index in [1.54, 1.807) is 6.26 Å². The lowest BCUT2D eigenvalue weighted by Gasteiger charge is -2.21. The monoisotopic (exact) mass is 257 g/mol. The molecular formula is C17H23NO. The molecule has 0 saturated carbocycles. The highest BCUT2D eigenvalue weighted by atomic mass is 16.3. The van der Waals surface area contributed by atoms with Gasteiger partial charge in [0, 0.05) is 0 Å². The van der Waals surface area contributed by atoms with E-state index in [0.29, 0.717) is 0 Å². The van der Waals surface area contributed by atoms with Gasteiger partial charge in [0.1, 0.15) is 5.76 Å². The van der Waals surface area contributed by atoms with Crippen molar-refractivity contribution in [3.63, 3.8) is 0 Å². The molecule has 2 aromatic rings. The summed E-state index contributed by atoms with van der Waals surface area (Å²) in [5.74, 6) is 0.989. The quantitative estimate of drug-likeness (QED) is 0.864. The van der Waals surface area contributed by atoms with Gasteiger partial charge in [0.25, 0.3) is 0 Å². The van der Waals surface area contributed by atoms with Gasteiger partial charge in [0.05, 0.1) is 12.3 Å². The van der Waals surface area contributed by atoms with Gasteiger partial charge in [-0.05, 0) is 62.6 Å². The Bertz CT molecular complexity index is 505. The summed E-state index contributed by atoms with van der Waals surface area (Å²) < 4.78 is 5.62. The second-order valence-corrected chi connectivity index (χ2v) is 5.21. The number of benzene rings is 1. The van der Waals surface area contributed by atoms with Crippen molar-refractivity contribution in [3.05, 3.63) is 58.5 Å². The van der Waals surface area contributed by atoms with Gasteiger partial charge < -0.3 is 9.73 Å². The Hall–Kier alpha value is -1.54. The van der Waals surface area contributed by atoms with Crippen molar-refractivity contribution in [2.75, 3.05) is 6.54 Å². The van der Waals surface area contributed by atoms with Crippen LogP contribution in [0.5, 0.6) is 0 Å². The molecule has 0 bridgehead atoms. The van der Waals surface area contributed by atoms with E-state index in [4.69, 9.17) is 4.42 Å². The highest BCUT2D eigenvalue weighted by Crippen LogP contribution is 2.29. The maximum Gasteiger partial charge on any atom is 0.125 e. The Morgan fingerprint density at radius 1 is 1.16 bits per heavy atom. The van der Waals surface area contributed by atoms with Gasteiger partial charge in [-0.1, -0.05) is 24.6 Å². The molecule has 1 aromatic heterocycles. The summed E-state index contributed by atoms with van der Waals surface area (Å²) in [4.78, 5) is 0. The second-order valence-electron chi connectivity index (χ2n) is 5.21. The highest BCUT2D eigenvalue weighted by Gasteiger charge is 2.20. The minimum Gasteiger partial charge on any atom is -0.467 e. The van der Waals surface area contributed by atoms with Crippen molar-refractivity contribution in [2.45, 2.75) is 40.2 Å². The zero-order chi connectivity index (χ0) is 13.8. The smallest absolute Gasteiger partial charge is 0.125 e. The van der Waals surface area contributed by atoms with E-state index in [9.17, 15) is 0 Å². The zero-order valence-electron chi connectivity index (χ0n) is 12.3. The number of hydrogen-bond acceptors (Lipinski definition) is 2. The van der Waals surface area contributed by atoms with E-state index in [0.717, 1.165) is 18.7 Å². The van der Waals surface area contributed by atoms with Crippen molar-refractivity contribution < 1.29 is 4.42 Å². The first-order valence-electron chi connectivity index (χ1n) is 6.98. The molecule has 0 radical (unpaired) electrons. The van der Waals surface area contributed by atoms with E-state index >= 15 is 0 Å². The molecule has 2 rings (SSSR count). The van der Waals surface area contributed by atoms with Gasteiger partial charge in [-0.3, -0.25) is 0 Å². The first-order chi connectivity index (χ1) is 9.13. The largest absolute Gasteiger partial charge is 0.467 e. The van der Waals surface area contributed by atoms with Crippen LogP contribution in [-0.4, -0.2) is 6.54 Å². The molecule has 2 nitrogen and oxygen atoms in total. The van der Waals surface area contributed by atoms with Crippen LogP contribution in [0.1, 0.15) is 47.4 Å². The highest BCUT2D eigenvalue weighted by molar-refractivity contribution is 5.42. The third-order valence-corrected chi connectivity index (χ3v) is 3.45. The van der Waals surface area contributed by atoms with Crippen molar-refractivity contribution in [2.24, 2.45) is 0 Å². The Labute approximate surface area is 115 Å². The van der Waals surface area contributed by atoms with Crippen LogP contribution in [0.2, 0.25) is 0 Å². The molecule has 102 valence electrons. The number of hydrogen-bond donors (Lipinski definition) is 1. The maximum atomic E-state index is 5.62. The summed E-state index contributed by atoms with van der Waals surface area (Å²) in [5, 5.41) is 3.60. The molecule has 0 aliphatic rings. The van der Waals surface area contributed by atoms with Gasteiger partial charge in [-0.15, -0.1) is 0 Å². The molecule has 1 unspecified atom stereocenters. The van der Waals surface area contributed by atoms with Crippen LogP contribution in [0.4, 0.5) is 0 Å². The number of furan rings is 1. The summed E-state index contributed by atoms with van der Waals surface area (Å²) in [6.07, 6.45) is 2.86. The van der Waals surface area contributed by atoms with Crippen LogP contribution in [0.25, 0.3) is 0 Å². The van der Waals surface area contributed by atoms with Crippen molar-refractivity contribution >= 4 is 0 Å². The molecule has 0 saturated heterocycles. The molecular weight excluding hydrogens is 234 g/mol. The van der Waals surface area contributed by atoms with Crippen LogP contribution >= 0.6 is 0 Å². The van der Waals surface area contributed by atoms with E-state index in [1.807, 2.05) is 12.1 Å². The van der Waals surface area contributed by atoms with Crippen LogP contribution in [0.3, 0.4) is 0 Å². The number of aryl methyl sites for hydroxylation is 3. The fraction of sp³-hybridized carbons (Fsp3) is 0.412. The predicted octanol–water partition coefficient (Wildman–Crippen LogP) is 4.29. The Kier molecular flexibility index (Phi) is 4.43. The first-order valence-corrected chi connectivity index (χ1v) is 6.98. The Morgan fingerprint density at radius 3 is 2.37 bits per heavy atom. The zero-order valence-corrected chi connectivity index (χ0v) is 12.3. The Balaban J connectivity index is 2.44. The van der Waals surface area contributed by atoms with Gasteiger partial charge in [0.15, 0.2) is 0 Å². The average Bonchev–Trinajstić information content (AvgIpc) is 2.85. The fourth-order valence-corrected chi connectivity index (χ4v) is 2.74. The SMILES string of the molecule is CCCNC(c1ccco1)c1c(C)cc(C)cc1C. The third kappa shape index (κ3) is 3.07. The molecule has 0 aliphatic heterocycles. The van der Waals surface area contributed by atoms with Crippen LogP contribution in [-0.2, 0) is 0 Å². The first kappa shape index (κ1) is 13.9. The molecule has 1 N–H and O–H groups in total. The van der Waals surface area contributed by atoms with Gasteiger partial charge in [-0.2, -0.15) is 0 Å². The summed E-state index contributed by atoms with van der Waals surface area (Å²) in [6.45, 7) is 9.67. The van der Waals surface area contributed by atoms with Gasteiger partial charge in [-0.25, -0.2) is 0 Å². The summed E-state index contributed by atoms with van der Waals surface area (Å²) >= 11 is 0. The maximum absolute atomic E-state index is 5.62. The van der Waals surface area contributed by atoms with Gasteiger partial charge >= 0.3 is 0 Å². The fourth-order valence-electron chi connectivity index (χ4n) is 2.74. The predicted molar refractivity (Wildman–Crippen MR) is 79.5 cm³/mol. The second kappa shape index (κ2) is 6.07. The Morgan fingerprint density at radius 2 is 1.84 bits per heavy atom. The molecule has 1 aromatic carbocycles. The lowest BCUT2D eigenvalue weighted by molar-refractivity contribution is 0.445. The third-order valence-electron chi connectivity index (χ3n) is 3.45. The van der Waals surface area contributed by atoms with Crippen molar-refractivity contribution in [3.8, 4) is 0 Å². The number of rotatable bonds is 5. The molecule has 1 heterocycles. The van der Waals surface area contributed by atoms with Gasteiger partial charge in [0.2, 0.25) is 0 Å². The lowest BCUT2D eigenvalue weighted by atomic mass is 9.92. The van der Waals surface area contributed by atoms with E-state index in [2.05, 4.69) is 45.1 Å². The summed E-state index contributed by atoms with van der Waals surface area (Å²) in [6, 6.07) is 8.63. The molecule has 2 heteroatoms. The molecule has 0 fully saturated rings. The minimum atomic E-state index is 0.149. The summed E-state index contributed by atoms with van der Waals surface area (Å²) in [5.41, 5.74) is 5.30. The summed E-state index contributed by atoms with van der Waals surface area (Å²) in [7, 11) is 0. The van der Waals surface area contributed by atoms with E-state index in [1.165, 1.54) is 22.3 Å². The molecule has 0 aliphatic carbocycles. The topological polar surface area (TPSA) is 25.2 Å². The lowest BCUT2D eigenvalue weighted by Crippen LogP contribution is -2.24. The van der Waals surface area contributed by atoms with Crippen LogP contribution < -0.4 is 5.32 Å². The van der Waals surface area contributed by atoms with Crippen molar-refractivity contribution in [1.82, 2.24) is 5.32 Å². The van der Waals surface area contributed by atoms with E-state index < -0.39 is 0 Å². The van der Waals surface area contributed by atoms with Crippen LogP contribution in [0.15, 0.2) is 34.9 Å². The average molecular weight is 257 g/mol. The van der Waals surface area contributed by atoms with Crippen molar-refractivity contribution in [1.29, 1.82) is 0 Å². The number of nitrogens with one attached hydrogen (secondary N) is 1.